The van der Waals surface area contributed by atoms with E-state index in [9.17, 15) is 31.1 Å². The average molecular weight is 391 g/mol. The molecule has 0 bridgehead atoms. The van der Waals surface area contributed by atoms with Crippen LogP contribution in [-0.2, 0) is 21.9 Å². The minimum absolute atomic E-state index is 0.0156. The quantitative estimate of drug-likeness (QED) is 0.585. The van der Waals surface area contributed by atoms with Gasteiger partial charge in [0.1, 0.15) is 0 Å². The first-order valence-corrected chi connectivity index (χ1v) is 8.13. The summed E-state index contributed by atoms with van der Waals surface area (Å²) in [6, 6.07) is 1.09. The van der Waals surface area contributed by atoms with Crippen LogP contribution in [0.1, 0.15) is 36.0 Å². The molecule has 0 aromatic heterocycles. The summed E-state index contributed by atoms with van der Waals surface area (Å²) in [5.41, 5.74) is -3.74. The van der Waals surface area contributed by atoms with E-state index in [4.69, 9.17) is 4.74 Å². The second kappa shape index (κ2) is 6.61. The van der Waals surface area contributed by atoms with Crippen LogP contribution in [-0.4, -0.2) is 17.9 Å². The van der Waals surface area contributed by atoms with Gasteiger partial charge in [-0.2, -0.15) is 26.3 Å². The largest absolute Gasteiger partial charge is 0.467 e. The summed E-state index contributed by atoms with van der Waals surface area (Å²) in [6.07, 6.45) is -7.99. The van der Waals surface area contributed by atoms with Gasteiger partial charge in [0, 0.05) is 12.5 Å². The maximum absolute atomic E-state index is 13.1. The van der Waals surface area contributed by atoms with E-state index < -0.39 is 40.9 Å². The molecule has 3 nitrogen and oxygen atoms in total. The zero-order valence-electron chi connectivity index (χ0n) is 13.9. The Kier molecular flexibility index (Phi) is 4.73. The Balaban J connectivity index is 2.13. The number of carbonyl (C=O) groups excluding carboxylic acids is 1. The van der Waals surface area contributed by atoms with Crippen molar-refractivity contribution < 1.29 is 35.9 Å². The number of rotatable bonds is 5. The van der Waals surface area contributed by atoms with Gasteiger partial charge in [-0.05, 0) is 36.6 Å². The third-order valence-corrected chi connectivity index (χ3v) is 4.20. The lowest BCUT2D eigenvalue weighted by Crippen LogP contribution is -2.19. The SMILES string of the molecule is C=CCC1OC(NC2CC2)=C(c2cc(C(F)(F)F)cc(C(F)(F)F)c2)C1=O. The van der Waals surface area contributed by atoms with E-state index in [2.05, 4.69) is 11.9 Å². The Morgan fingerprint density at radius 2 is 1.63 bits per heavy atom. The average Bonchev–Trinajstić information content (AvgIpc) is 3.31. The Hall–Kier alpha value is -2.45. The van der Waals surface area contributed by atoms with E-state index >= 15 is 0 Å². The zero-order valence-corrected chi connectivity index (χ0v) is 13.9. The van der Waals surface area contributed by atoms with E-state index in [1.165, 1.54) is 6.08 Å². The van der Waals surface area contributed by atoms with Gasteiger partial charge in [-0.3, -0.25) is 4.79 Å². The predicted molar refractivity (Wildman–Crippen MR) is 84.2 cm³/mol. The molecule has 0 radical (unpaired) electrons. The highest BCUT2D eigenvalue weighted by molar-refractivity contribution is 6.25. The standard InChI is InChI=1S/C18H15F6NO2/c1-2-3-13-15(26)14(16(27-13)25-12-4-5-12)9-6-10(17(19,20)21)8-11(7-9)18(22,23)24/h2,6-8,12-13,25H,1,3-5H2. The summed E-state index contributed by atoms with van der Waals surface area (Å²) in [4.78, 5) is 12.6. The van der Waals surface area contributed by atoms with Crippen LogP contribution in [0.4, 0.5) is 26.3 Å². The lowest BCUT2D eigenvalue weighted by atomic mass is 9.95. The summed E-state index contributed by atoms with van der Waals surface area (Å²) in [5, 5.41) is 2.88. The molecule has 1 aromatic carbocycles. The summed E-state index contributed by atoms with van der Waals surface area (Å²) in [5.74, 6) is -0.757. The molecule has 0 saturated heterocycles. The number of Topliss-reactive ketones (excluding diaryl/α,β-unsaturated/α-hetero) is 1. The van der Waals surface area contributed by atoms with Crippen LogP contribution in [0.5, 0.6) is 0 Å². The van der Waals surface area contributed by atoms with Crippen LogP contribution >= 0.6 is 0 Å². The first kappa shape index (κ1) is 19.3. The highest BCUT2D eigenvalue weighted by Crippen LogP contribution is 2.40. The molecule has 27 heavy (non-hydrogen) atoms. The van der Waals surface area contributed by atoms with Crippen molar-refractivity contribution in [3.63, 3.8) is 0 Å². The van der Waals surface area contributed by atoms with Gasteiger partial charge < -0.3 is 10.1 Å². The number of hydrogen-bond donors (Lipinski definition) is 1. The summed E-state index contributed by atoms with van der Waals surface area (Å²) >= 11 is 0. The monoisotopic (exact) mass is 391 g/mol. The van der Waals surface area contributed by atoms with Gasteiger partial charge in [0.15, 0.2) is 12.0 Å². The summed E-state index contributed by atoms with van der Waals surface area (Å²) < 4.78 is 84.1. The van der Waals surface area contributed by atoms with E-state index in [0.29, 0.717) is 12.1 Å². The van der Waals surface area contributed by atoms with E-state index in [0.717, 1.165) is 12.8 Å². The van der Waals surface area contributed by atoms with Gasteiger partial charge in [-0.25, -0.2) is 0 Å². The summed E-state index contributed by atoms with van der Waals surface area (Å²) in [6.45, 7) is 3.48. The Morgan fingerprint density at radius 1 is 1.07 bits per heavy atom. The van der Waals surface area contributed by atoms with Gasteiger partial charge in [-0.15, -0.1) is 6.58 Å². The van der Waals surface area contributed by atoms with Crippen molar-refractivity contribution in [3.8, 4) is 0 Å². The molecular weight excluding hydrogens is 376 g/mol. The van der Waals surface area contributed by atoms with Crippen LogP contribution in [0.25, 0.3) is 5.57 Å². The number of carbonyl (C=O) groups is 1. The normalized spacial score (nSPS) is 20.7. The van der Waals surface area contributed by atoms with Crippen molar-refractivity contribution in [3.05, 3.63) is 53.4 Å². The van der Waals surface area contributed by atoms with Crippen molar-refractivity contribution >= 4 is 11.4 Å². The summed E-state index contributed by atoms with van der Waals surface area (Å²) in [7, 11) is 0. The van der Waals surface area contributed by atoms with Crippen molar-refractivity contribution in [2.45, 2.75) is 43.8 Å². The number of halogens is 6. The van der Waals surface area contributed by atoms with Crippen LogP contribution in [0.15, 0.2) is 36.7 Å². The first-order chi connectivity index (χ1) is 12.5. The van der Waals surface area contributed by atoms with E-state index in [-0.39, 0.29) is 30.0 Å². The second-order valence-electron chi connectivity index (χ2n) is 6.41. The fourth-order valence-electron chi connectivity index (χ4n) is 2.73. The molecule has 1 N–H and O–H groups in total. The molecule has 1 aromatic rings. The molecule has 1 saturated carbocycles. The van der Waals surface area contributed by atoms with Crippen LogP contribution in [0.2, 0.25) is 0 Å². The Labute approximate surface area is 150 Å². The molecule has 1 aliphatic carbocycles. The van der Waals surface area contributed by atoms with Crippen LogP contribution in [0, 0.1) is 0 Å². The van der Waals surface area contributed by atoms with E-state index in [1.54, 1.807) is 0 Å². The maximum atomic E-state index is 13.1. The molecule has 146 valence electrons. The maximum Gasteiger partial charge on any atom is 0.416 e. The Bertz CT molecular complexity index is 773. The van der Waals surface area contributed by atoms with E-state index in [1.807, 2.05) is 0 Å². The zero-order chi connectivity index (χ0) is 20.0. The Morgan fingerprint density at radius 3 is 2.07 bits per heavy atom. The van der Waals surface area contributed by atoms with Crippen LogP contribution < -0.4 is 5.32 Å². The highest BCUT2D eigenvalue weighted by Gasteiger charge is 2.41. The molecule has 1 aliphatic heterocycles. The number of hydrogen-bond acceptors (Lipinski definition) is 3. The highest BCUT2D eigenvalue weighted by atomic mass is 19.4. The number of ketones is 1. The third-order valence-electron chi connectivity index (χ3n) is 4.20. The lowest BCUT2D eigenvalue weighted by Gasteiger charge is -2.15. The van der Waals surface area contributed by atoms with Gasteiger partial charge in [0.25, 0.3) is 0 Å². The third kappa shape index (κ3) is 4.12. The lowest BCUT2D eigenvalue weighted by molar-refractivity contribution is -0.143. The van der Waals surface area contributed by atoms with Gasteiger partial charge in [-0.1, -0.05) is 6.08 Å². The van der Waals surface area contributed by atoms with Crippen LogP contribution in [0.3, 0.4) is 0 Å². The number of alkyl halides is 6. The first-order valence-electron chi connectivity index (χ1n) is 8.13. The minimum atomic E-state index is -5.00. The second-order valence-corrected chi connectivity index (χ2v) is 6.41. The number of ether oxygens (including phenoxy) is 1. The fraction of sp³-hybridized carbons (Fsp3) is 0.389. The molecule has 3 rings (SSSR count). The topological polar surface area (TPSA) is 38.3 Å². The molecule has 1 atom stereocenters. The minimum Gasteiger partial charge on any atom is -0.467 e. The van der Waals surface area contributed by atoms with Crippen molar-refractivity contribution in [2.24, 2.45) is 0 Å². The van der Waals surface area contributed by atoms with Gasteiger partial charge >= 0.3 is 12.4 Å². The van der Waals surface area contributed by atoms with Gasteiger partial charge in [0.2, 0.25) is 5.78 Å². The van der Waals surface area contributed by atoms with Crippen molar-refractivity contribution in [1.82, 2.24) is 5.32 Å². The van der Waals surface area contributed by atoms with Crippen molar-refractivity contribution in [2.75, 3.05) is 0 Å². The molecule has 9 heteroatoms. The number of nitrogens with one attached hydrogen (secondary N) is 1. The predicted octanol–water partition coefficient (Wildman–Crippen LogP) is 4.69. The smallest absolute Gasteiger partial charge is 0.416 e. The fourth-order valence-corrected chi connectivity index (χ4v) is 2.73. The molecule has 1 heterocycles. The molecular formula is C18H15F6NO2. The molecule has 2 aliphatic rings. The number of benzene rings is 1. The molecule has 1 unspecified atom stereocenters. The molecule has 1 fully saturated rings. The van der Waals surface area contributed by atoms with Crippen molar-refractivity contribution in [1.29, 1.82) is 0 Å². The molecule has 0 amide bonds. The van der Waals surface area contributed by atoms with Gasteiger partial charge in [0.05, 0.1) is 16.7 Å². The molecule has 0 spiro atoms.